The normalized spacial score (nSPS) is 17.7. The standard InChI is InChI=1S/C21H23F2N3O3S/c22-17-6-2-7-18(14-17)30(28,29)26-12-10-24(11-13-26)20(27)15-25-9-3-5-16-4-1-8-19(23)21(16)25/h1-2,4,6-8,14H,3,5,9-13,15H2. The molecule has 0 atom stereocenters. The van der Waals surface area contributed by atoms with Gasteiger partial charge in [0.1, 0.15) is 11.6 Å². The van der Waals surface area contributed by atoms with E-state index in [0.717, 1.165) is 24.5 Å². The zero-order valence-electron chi connectivity index (χ0n) is 16.4. The number of benzene rings is 2. The minimum Gasteiger partial charge on any atom is -0.360 e. The van der Waals surface area contributed by atoms with Crippen LogP contribution in [-0.2, 0) is 21.2 Å². The first-order valence-electron chi connectivity index (χ1n) is 9.92. The summed E-state index contributed by atoms with van der Waals surface area (Å²) in [4.78, 5) is 16.1. The highest BCUT2D eigenvalue weighted by molar-refractivity contribution is 7.89. The zero-order valence-corrected chi connectivity index (χ0v) is 17.2. The number of anilines is 1. The number of piperazine rings is 1. The monoisotopic (exact) mass is 435 g/mol. The Hall–Kier alpha value is -2.52. The van der Waals surface area contributed by atoms with Crippen LogP contribution in [0.2, 0.25) is 0 Å². The smallest absolute Gasteiger partial charge is 0.243 e. The Labute approximate surface area is 174 Å². The van der Waals surface area contributed by atoms with Crippen molar-refractivity contribution >= 4 is 21.6 Å². The van der Waals surface area contributed by atoms with Crippen LogP contribution >= 0.6 is 0 Å². The maximum atomic E-state index is 14.3. The summed E-state index contributed by atoms with van der Waals surface area (Å²) in [5, 5.41) is 0. The van der Waals surface area contributed by atoms with E-state index in [1.165, 1.54) is 28.6 Å². The number of para-hydroxylation sites is 1. The molecule has 2 aromatic carbocycles. The Balaban J connectivity index is 1.40. The van der Waals surface area contributed by atoms with Crippen LogP contribution in [0.25, 0.3) is 0 Å². The van der Waals surface area contributed by atoms with Gasteiger partial charge in [-0.1, -0.05) is 18.2 Å². The molecule has 0 aromatic heterocycles. The van der Waals surface area contributed by atoms with Crippen LogP contribution in [0.5, 0.6) is 0 Å². The van der Waals surface area contributed by atoms with E-state index in [9.17, 15) is 22.0 Å². The molecule has 0 bridgehead atoms. The molecule has 30 heavy (non-hydrogen) atoms. The molecular formula is C21H23F2N3O3S. The van der Waals surface area contributed by atoms with Crippen LogP contribution in [0.3, 0.4) is 0 Å². The predicted octanol–water partition coefficient (Wildman–Crippen LogP) is 2.25. The van der Waals surface area contributed by atoms with Gasteiger partial charge in [-0.15, -0.1) is 0 Å². The fraction of sp³-hybridized carbons (Fsp3) is 0.381. The lowest BCUT2D eigenvalue weighted by atomic mass is 10.0. The van der Waals surface area contributed by atoms with Gasteiger partial charge < -0.3 is 9.80 Å². The molecule has 2 heterocycles. The summed E-state index contributed by atoms with van der Waals surface area (Å²) >= 11 is 0. The lowest BCUT2D eigenvalue weighted by Crippen LogP contribution is -2.53. The van der Waals surface area contributed by atoms with Crippen LogP contribution in [-0.4, -0.2) is 62.8 Å². The first-order valence-corrected chi connectivity index (χ1v) is 11.4. The first-order chi connectivity index (χ1) is 14.4. The highest BCUT2D eigenvalue weighted by atomic mass is 32.2. The van der Waals surface area contributed by atoms with E-state index in [2.05, 4.69) is 0 Å². The Morgan fingerprint density at radius 1 is 0.967 bits per heavy atom. The lowest BCUT2D eigenvalue weighted by Gasteiger charge is -2.37. The second-order valence-electron chi connectivity index (χ2n) is 7.51. The topological polar surface area (TPSA) is 60.9 Å². The van der Waals surface area contributed by atoms with Crippen molar-refractivity contribution in [1.29, 1.82) is 0 Å². The molecule has 0 aliphatic carbocycles. The van der Waals surface area contributed by atoms with Gasteiger partial charge in [0, 0.05) is 32.7 Å². The Kier molecular flexibility index (Phi) is 5.75. The number of carbonyl (C=O) groups is 1. The molecule has 9 heteroatoms. The van der Waals surface area contributed by atoms with Crippen molar-refractivity contribution in [3.63, 3.8) is 0 Å². The quantitative estimate of drug-likeness (QED) is 0.739. The third kappa shape index (κ3) is 4.04. The van der Waals surface area contributed by atoms with Gasteiger partial charge in [0.05, 0.1) is 17.1 Å². The van der Waals surface area contributed by atoms with Crippen molar-refractivity contribution in [2.24, 2.45) is 0 Å². The number of nitrogens with zero attached hydrogens (tertiary/aromatic N) is 3. The molecule has 1 fully saturated rings. The average Bonchev–Trinajstić information content (AvgIpc) is 2.74. The number of sulfonamides is 1. The van der Waals surface area contributed by atoms with Gasteiger partial charge in [0.25, 0.3) is 0 Å². The van der Waals surface area contributed by atoms with E-state index in [1.54, 1.807) is 15.9 Å². The summed E-state index contributed by atoms with van der Waals surface area (Å²) in [6.45, 7) is 1.42. The molecule has 0 saturated carbocycles. The molecule has 0 unspecified atom stereocenters. The third-order valence-corrected chi connectivity index (χ3v) is 7.51. The molecule has 4 rings (SSSR count). The van der Waals surface area contributed by atoms with E-state index < -0.39 is 15.8 Å². The molecule has 2 aliphatic heterocycles. The zero-order chi connectivity index (χ0) is 21.3. The van der Waals surface area contributed by atoms with Gasteiger partial charge in [-0.2, -0.15) is 4.31 Å². The molecule has 2 aromatic rings. The number of amides is 1. The molecule has 160 valence electrons. The lowest BCUT2D eigenvalue weighted by molar-refractivity contribution is -0.130. The van der Waals surface area contributed by atoms with E-state index in [-0.39, 0.29) is 49.3 Å². The Bertz CT molecular complexity index is 1050. The number of fused-ring (bicyclic) bond motifs is 1. The molecule has 1 saturated heterocycles. The van der Waals surface area contributed by atoms with Crippen LogP contribution in [0.1, 0.15) is 12.0 Å². The highest BCUT2D eigenvalue weighted by Gasteiger charge is 2.31. The summed E-state index contributed by atoms with van der Waals surface area (Å²) in [7, 11) is -3.81. The van der Waals surface area contributed by atoms with Gasteiger partial charge in [-0.3, -0.25) is 4.79 Å². The Morgan fingerprint density at radius 2 is 1.70 bits per heavy atom. The second-order valence-corrected chi connectivity index (χ2v) is 9.45. The summed E-state index contributed by atoms with van der Waals surface area (Å²) in [6, 6.07) is 9.86. The van der Waals surface area contributed by atoms with Crippen molar-refractivity contribution in [3.8, 4) is 0 Å². The molecule has 0 N–H and O–H groups in total. The largest absolute Gasteiger partial charge is 0.360 e. The fourth-order valence-electron chi connectivity index (χ4n) is 4.06. The second kappa shape index (κ2) is 8.31. The number of carbonyl (C=O) groups excluding carboxylic acids is 1. The van der Waals surface area contributed by atoms with Crippen LogP contribution in [0, 0.1) is 11.6 Å². The molecule has 0 spiro atoms. The molecular weight excluding hydrogens is 412 g/mol. The molecule has 1 amide bonds. The Morgan fingerprint density at radius 3 is 2.43 bits per heavy atom. The van der Waals surface area contributed by atoms with Gasteiger partial charge in [-0.05, 0) is 42.7 Å². The van der Waals surface area contributed by atoms with E-state index in [1.807, 2.05) is 6.07 Å². The fourth-order valence-corrected chi connectivity index (χ4v) is 5.52. The number of rotatable bonds is 4. The van der Waals surface area contributed by atoms with Gasteiger partial charge in [0.2, 0.25) is 15.9 Å². The number of halogens is 2. The third-order valence-electron chi connectivity index (χ3n) is 5.61. The molecule has 6 nitrogen and oxygen atoms in total. The SMILES string of the molecule is O=C(CN1CCCc2cccc(F)c21)N1CCN(S(=O)(=O)c2cccc(F)c2)CC1. The summed E-state index contributed by atoms with van der Waals surface area (Å²) in [5.41, 5.74) is 1.39. The van der Waals surface area contributed by atoms with Crippen molar-refractivity contribution < 1.29 is 22.0 Å². The highest BCUT2D eigenvalue weighted by Crippen LogP contribution is 2.30. The summed E-state index contributed by atoms with van der Waals surface area (Å²) in [5.74, 6) is -1.10. The van der Waals surface area contributed by atoms with Crippen LogP contribution < -0.4 is 4.90 Å². The number of hydrogen-bond acceptors (Lipinski definition) is 4. The van der Waals surface area contributed by atoms with Crippen molar-refractivity contribution in [2.75, 3.05) is 44.2 Å². The molecule has 0 radical (unpaired) electrons. The van der Waals surface area contributed by atoms with Gasteiger partial charge in [-0.25, -0.2) is 17.2 Å². The average molecular weight is 435 g/mol. The van der Waals surface area contributed by atoms with Crippen LogP contribution in [0.15, 0.2) is 47.4 Å². The minimum atomic E-state index is -3.81. The van der Waals surface area contributed by atoms with Crippen molar-refractivity contribution in [3.05, 3.63) is 59.7 Å². The van der Waals surface area contributed by atoms with E-state index >= 15 is 0 Å². The first kappa shape index (κ1) is 20.7. The summed E-state index contributed by atoms with van der Waals surface area (Å²) in [6.07, 6.45) is 1.64. The molecule has 2 aliphatic rings. The summed E-state index contributed by atoms with van der Waals surface area (Å²) < 4.78 is 54.4. The number of aryl methyl sites for hydroxylation is 1. The van der Waals surface area contributed by atoms with Crippen LogP contribution in [0.4, 0.5) is 14.5 Å². The number of hydrogen-bond donors (Lipinski definition) is 0. The van der Waals surface area contributed by atoms with E-state index in [4.69, 9.17) is 0 Å². The van der Waals surface area contributed by atoms with E-state index in [0.29, 0.717) is 12.2 Å². The predicted molar refractivity (Wildman–Crippen MR) is 109 cm³/mol. The van der Waals surface area contributed by atoms with Gasteiger partial charge in [0.15, 0.2) is 0 Å². The maximum absolute atomic E-state index is 14.3. The maximum Gasteiger partial charge on any atom is 0.243 e. The van der Waals surface area contributed by atoms with Gasteiger partial charge >= 0.3 is 0 Å². The van der Waals surface area contributed by atoms with Crippen molar-refractivity contribution in [2.45, 2.75) is 17.7 Å². The van der Waals surface area contributed by atoms with Crippen molar-refractivity contribution in [1.82, 2.24) is 9.21 Å². The minimum absolute atomic E-state index is 0.0601.